The third kappa shape index (κ3) is 5.08. The highest BCUT2D eigenvalue weighted by Gasteiger charge is 2.19. The molecule has 1 aliphatic rings. The number of benzene rings is 1. The first-order chi connectivity index (χ1) is 12.5. The van der Waals surface area contributed by atoms with E-state index in [0.29, 0.717) is 12.5 Å². The minimum atomic E-state index is 0.347. The van der Waals surface area contributed by atoms with Gasteiger partial charge < -0.3 is 9.64 Å². The third-order valence-electron chi connectivity index (χ3n) is 4.56. The normalized spacial score (nSPS) is 15.5. The van der Waals surface area contributed by atoms with Crippen LogP contribution in [0.2, 0.25) is 5.02 Å². The van der Waals surface area contributed by atoms with Crippen LogP contribution in [0.4, 0.5) is 5.82 Å². The zero-order valence-electron chi connectivity index (χ0n) is 15.8. The number of anilines is 1. The number of piperazine rings is 1. The summed E-state index contributed by atoms with van der Waals surface area (Å²) < 4.78 is 5.80. The molecule has 1 fully saturated rings. The van der Waals surface area contributed by atoms with E-state index in [4.69, 9.17) is 21.3 Å². The highest BCUT2D eigenvalue weighted by atomic mass is 35.5. The molecule has 0 saturated carbocycles. The van der Waals surface area contributed by atoms with Gasteiger partial charge in [0.05, 0.1) is 0 Å². The summed E-state index contributed by atoms with van der Waals surface area (Å²) in [5, 5.41) is 0.731. The van der Waals surface area contributed by atoms with E-state index >= 15 is 0 Å². The molecule has 2 heterocycles. The monoisotopic (exact) mass is 374 g/mol. The number of aryl methyl sites for hydroxylation is 1. The number of ether oxygens (including phenoxy) is 1. The number of hydrogen-bond donors (Lipinski definition) is 0. The predicted molar refractivity (Wildman–Crippen MR) is 106 cm³/mol. The molecule has 0 bridgehead atoms. The van der Waals surface area contributed by atoms with E-state index in [1.54, 1.807) is 0 Å². The average Bonchev–Trinajstić information content (AvgIpc) is 2.63. The Morgan fingerprint density at radius 3 is 2.42 bits per heavy atom. The Hall–Kier alpha value is -1.85. The molecule has 0 radical (unpaired) electrons. The van der Waals surface area contributed by atoms with E-state index in [1.807, 2.05) is 31.2 Å². The molecule has 1 aromatic heterocycles. The summed E-state index contributed by atoms with van der Waals surface area (Å²) in [6.07, 6.45) is 0. The van der Waals surface area contributed by atoms with Crippen LogP contribution in [0, 0.1) is 6.92 Å². The number of aromatic nitrogens is 2. The Labute approximate surface area is 161 Å². The standard InChI is InChI=1S/C20H27ClN4O/c1-15(2)20-22-16(3)14-19(23-20)25-10-8-24(9-11-25)12-13-26-18-6-4-17(21)5-7-18/h4-7,14-15H,8-13H2,1-3H3. The molecule has 1 aliphatic heterocycles. The van der Waals surface area contributed by atoms with Crippen LogP contribution in [-0.2, 0) is 0 Å². The number of nitrogens with zero attached hydrogens (tertiary/aromatic N) is 4. The lowest BCUT2D eigenvalue weighted by Crippen LogP contribution is -2.47. The van der Waals surface area contributed by atoms with Crippen molar-refractivity contribution >= 4 is 17.4 Å². The average molecular weight is 375 g/mol. The van der Waals surface area contributed by atoms with Crippen LogP contribution in [0.25, 0.3) is 0 Å². The second-order valence-electron chi connectivity index (χ2n) is 7.01. The fraction of sp³-hybridized carbons (Fsp3) is 0.500. The molecule has 6 heteroatoms. The smallest absolute Gasteiger partial charge is 0.133 e. The Kier molecular flexibility index (Phi) is 6.33. The largest absolute Gasteiger partial charge is 0.492 e. The molecule has 1 aromatic carbocycles. The quantitative estimate of drug-likeness (QED) is 0.770. The molecular formula is C20H27ClN4O. The number of halogens is 1. The van der Waals surface area contributed by atoms with Crippen molar-refractivity contribution in [1.29, 1.82) is 0 Å². The topological polar surface area (TPSA) is 41.5 Å². The maximum absolute atomic E-state index is 5.89. The van der Waals surface area contributed by atoms with Gasteiger partial charge in [0.15, 0.2) is 0 Å². The van der Waals surface area contributed by atoms with Crippen molar-refractivity contribution in [2.24, 2.45) is 0 Å². The van der Waals surface area contributed by atoms with Crippen molar-refractivity contribution in [1.82, 2.24) is 14.9 Å². The van der Waals surface area contributed by atoms with Crippen molar-refractivity contribution in [3.8, 4) is 5.75 Å². The van der Waals surface area contributed by atoms with Gasteiger partial charge in [0.1, 0.15) is 24.0 Å². The summed E-state index contributed by atoms with van der Waals surface area (Å²) in [6, 6.07) is 9.61. The van der Waals surface area contributed by atoms with Crippen LogP contribution in [0.1, 0.15) is 31.3 Å². The van der Waals surface area contributed by atoms with Crippen LogP contribution in [0.5, 0.6) is 5.75 Å². The van der Waals surface area contributed by atoms with Gasteiger partial charge in [-0.2, -0.15) is 0 Å². The van der Waals surface area contributed by atoms with E-state index < -0.39 is 0 Å². The van der Waals surface area contributed by atoms with Gasteiger partial charge in [-0.05, 0) is 31.2 Å². The van der Waals surface area contributed by atoms with Crippen molar-refractivity contribution in [3.63, 3.8) is 0 Å². The molecule has 0 aliphatic carbocycles. The molecular weight excluding hydrogens is 348 g/mol. The van der Waals surface area contributed by atoms with Gasteiger partial charge in [-0.15, -0.1) is 0 Å². The van der Waals surface area contributed by atoms with Crippen LogP contribution in [0.15, 0.2) is 30.3 Å². The summed E-state index contributed by atoms with van der Waals surface area (Å²) in [6.45, 7) is 11.9. The number of hydrogen-bond acceptors (Lipinski definition) is 5. The highest BCUT2D eigenvalue weighted by molar-refractivity contribution is 6.30. The Bertz CT molecular complexity index is 712. The van der Waals surface area contributed by atoms with Gasteiger partial charge in [-0.3, -0.25) is 4.90 Å². The lowest BCUT2D eigenvalue weighted by molar-refractivity contribution is 0.200. The maximum atomic E-state index is 5.89. The van der Waals surface area contributed by atoms with E-state index in [2.05, 4.69) is 34.7 Å². The third-order valence-corrected chi connectivity index (χ3v) is 4.81. The Morgan fingerprint density at radius 1 is 1.08 bits per heavy atom. The SMILES string of the molecule is Cc1cc(N2CCN(CCOc3ccc(Cl)cc3)CC2)nc(C(C)C)n1. The van der Waals surface area contributed by atoms with E-state index in [0.717, 1.165) is 60.8 Å². The molecule has 26 heavy (non-hydrogen) atoms. The van der Waals surface area contributed by atoms with Crippen LogP contribution >= 0.6 is 11.6 Å². The van der Waals surface area contributed by atoms with Gasteiger partial charge in [0, 0.05) is 55.4 Å². The Balaban J connectivity index is 1.47. The van der Waals surface area contributed by atoms with Crippen LogP contribution in [-0.4, -0.2) is 54.2 Å². The second-order valence-corrected chi connectivity index (χ2v) is 7.45. The van der Waals surface area contributed by atoms with Crippen molar-refractivity contribution in [3.05, 3.63) is 46.9 Å². The summed E-state index contributed by atoms with van der Waals surface area (Å²) in [7, 11) is 0. The predicted octanol–water partition coefficient (Wildman–Crippen LogP) is 3.76. The van der Waals surface area contributed by atoms with Crippen molar-refractivity contribution in [2.75, 3.05) is 44.2 Å². The van der Waals surface area contributed by atoms with Crippen LogP contribution < -0.4 is 9.64 Å². The van der Waals surface area contributed by atoms with Crippen molar-refractivity contribution in [2.45, 2.75) is 26.7 Å². The molecule has 3 rings (SSSR count). The zero-order valence-corrected chi connectivity index (χ0v) is 16.5. The zero-order chi connectivity index (χ0) is 18.5. The lowest BCUT2D eigenvalue weighted by atomic mass is 10.2. The fourth-order valence-corrected chi connectivity index (χ4v) is 3.14. The Morgan fingerprint density at radius 2 is 1.77 bits per heavy atom. The molecule has 1 saturated heterocycles. The first-order valence-corrected chi connectivity index (χ1v) is 9.60. The molecule has 0 amide bonds. The second kappa shape index (κ2) is 8.69. The highest BCUT2D eigenvalue weighted by Crippen LogP contribution is 2.19. The molecule has 0 unspecified atom stereocenters. The number of rotatable bonds is 6. The van der Waals surface area contributed by atoms with Crippen LogP contribution in [0.3, 0.4) is 0 Å². The van der Waals surface area contributed by atoms with E-state index in [1.165, 1.54) is 0 Å². The van der Waals surface area contributed by atoms with E-state index in [9.17, 15) is 0 Å². The van der Waals surface area contributed by atoms with Gasteiger partial charge in [0.25, 0.3) is 0 Å². The van der Waals surface area contributed by atoms with Gasteiger partial charge in [-0.25, -0.2) is 9.97 Å². The van der Waals surface area contributed by atoms with Gasteiger partial charge in [-0.1, -0.05) is 25.4 Å². The molecule has 5 nitrogen and oxygen atoms in total. The minimum absolute atomic E-state index is 0.347. The molecule has 2 aromatic rings. The maximum Gasteiger partial charge on any atom is 0.133 e. The minimum Gasteiger partial charge on any atom is -0.492 e. The molecule has 0 spiro atoms. The van der Waals surface area contributed by atoms with Gasteiger partial charge >= 0.3 is 0 Å². The summed E-state index contributed by atoms with van der Waals surface area (Å²) in [4.78, 5) is 14.1. The molecule has 0 N–H and O–H groups in total. The first-order valence-electron chi connectivity index (χ1n) is 9.22. The summed E-state index contributed by atoms with van der Waals surface area (Å²) in [5.74, 6) is 3.20. The molecule has 140 valence electrons. The molecule has 0 atom stereocenters. The lowest BCUT2D eigenvalue weighted by Gasteiger charge is -2.35. The summed E-state index contributed by atoms with van der Waals surface area (Å²) >= 11 is 5.89. The van der Waals surface area contributed by atoms with Gasteiger partial charge in [0.2, 0.25) is 0 Å². The van der Waals surface area contributed by atoms with Crippen molar-refractivity contribution < 1.29 is 4.74 Å². The van der Waals surface area contributed by atoms with E-state index in [-0.39, 0.29) is 0 Å². The fourth-order valence-electron chi connectivity index (χ4n) is 3.02. The summed E-state index contributed by atoms with van der Waals surface area (Å²) in [5.41, 5.74) is 1.04. The first kappa shape index (κ1) is 18.9.